The SMILES string of the molecule is NCCCN(CC1CCCCO1)c1ccccc1F. The molecular formula is C15H23FN2O. The summed E-state index contributed by atoms with van der Waals surface area (Å²) in [5.74, 6) is -0.171. The molecular weight excluding hydrogens is 243 g/mol. The predicted octanol–water partition coefficient (Wildman–Crippen LogP) is 2.55. The quantitative estimate of drug-likeness (QED) is 0.860. The molecule has 1 aliphatic heterocycles. The topological polar surface area (TPSA) is 38.5 Å². The summed E-state index contributed by atoms with van der Waals surface area (Å²) in [7, 11) is 0. The predicted molar refractivity (Wildman–Crippen MR) is 75.9 cm³/mol. The van der Waals surface area contributed by atoms with Crippen LogP contribution in [0.5, 0.6) is 0 Å². The molecule has 19 heavy (non-hydrogen) atoms. The Morgan fingerprint density at radius 1 is 1.32 bits per heavy atom. The van der Waals surface area contributed by atoms with Gasteiger partial charge in [0.1, 0.15) is 5.82 Å². The van der Waals surface area contributed by atoms with Gasteiger partial charge in [0.25, 0.3) is 0 Å². The number of nitrogens with zero attached hydrogens (tertiary/aromatic N) is 1. The summed E-state index contributed by atoms with van der Waals surface area (Å²) in [4.78, 5) is 2.07. The van der Waals surface area contributed by atoms with Crippen molar-refractivity contribution in [3.63, 3.8) is 0 Å². The van der Waals surface area contributed by atoms with Gasteiger partial charge in [-0.25, -0.2) is 4.39 Å². The second-order valence-electron chi connectivity index (χ2n) is 5.03. The summed E-state index contributed by atoms with van der Waals surface area (Å²) in [5, 5.41) is 0. The van der Waals surface area contributed by atoms with Crippen LogP contribution in [0.2, 0.25) is 0 Å². The molecule has 1 aliphatic rings. The van der Waals surface area contributed by atoms with Gasteiger partial charge in [0.2, 0.25) is 0 Å². The van der Waals surface area contributed by atoms with Crippen molar-refractivity contribution in [3.8, 4) is 0 Å². The minimum atomic E-state index is -0.171. The lowest BCUT2D eigenvalue weighted by molar-refractivity contribution is 0.0209. The molecule has 0 amide bonds. The van der Waals surface area contributed by atoms with E-state index in [1.165, 1.54) is 12.5 Å². The van der Waals surface area contributed by atoms with E-state index in [9.17, 15) is 4.39 Å². The first kappa shape index (κ1) is 14.3. The van der Waals surface area contributed by atoms with Crippen molar-refractivity contribution in [2.75, 3.05) is 31.1 Å². The third kappa shape index (κ3) is 4.18. The highest BCUT2D eigenvalue weighted by atomic mass is 19.1. The van der Waals surface area contributed by atoms with Crippen LogP contribution in [-0.2, 0) is 4.74 Å². The van der Waals surface area contributed by atoms with Crippen LogP contribution < -0.4 is 10.6 Å². The summed E-state index contributed by atoms with van der Waals surface area (Å²) < 4.78 is 19.7. The lowest BCUT2D eigenvalue weighted by Gasteiger charge is -2.31. The second-order valence-corrected chi connectivity index (χ2v) is 5.03. The van der Waals surface area contributed by atoms with Crippen LogP contribution in [0.4, 0.5) is 10.1 Å². The van der Waals surface area contributed by atoms with E-state index < -0.39 is 0 Å². The molecule has 1 atom stereocenters. The Kier molecular flexibility index (Phi) is 5.61. The van der Waals surface area contributed by atoms with Crippen LogP contribution in [0.25, 0.3) is 0 Å². The molecule has 1 aromatic rings. The van der Waals surface area contributed by atoms with Gasteiger partial charge in [-0.1, -0.05) is 12.1 Å². The number of halogens is 1. The van der Waals surface area contributed by atoms with Crippen molar-refractivity contribution in [1.29, 1.82) is 0 Å². The maximum atomic E-state index is 13.9. The number of para-hydroxylation sites is 1. The molecule has 0 aromatic heterocycles. The zero-order valence-electron chi connectivity index (χ0n) is 11.4. The average molecular weight is 266 g/mol. The van der Waals surface area contributed by atoms with Gasteiger partial charge in [-0.15, -0.1) is 0 Å². The highest BCUT2D eigenvalue weighted by Gasteiger charge is 2.19. The summed E-state index contributed by atoms with van der Waals surface area (Å²) in [6, 6.07) is 6.92. The van der Waals surface area contributed by atoms with Crippen LogP contribution in [0.1, 0.15) is 25.7 Å². The van der Waals surface area contributed by atoms with Gasteiger partial charge in [-0.3, -0.25) is 0 Å². The molecule has 0 aliphatic carbocycles. The van der Waals surface area contributed by atoms with Crippen molar-refractivity contribution in [2.45, 2.75) is 31.8 Å². The van der Waals surface area contributed by atoms with Crippen molar-refractivity contribution < 1.29 is 9.13 Å². The van der Waals surface area contributed by atoms with E-state index in [0.29, 0.717) is 12.2 Å². The molecule has 2 N–H and O–H groups in total. The molecule has 0 saturated carbocycles. The monoisotopic (exact) mass is 266 g/mol. The Morgan fingerprint density at radius 2 is 2.16 bits per heavy atom. The van der Waals surface area contributed by atoms with Gasteiger partial charge >= 0.3 is 0 Å². The number of hydrogen-bond donors (Lipinski definition) is 1. The highest BCUT2D eigenvalue weighted by Crippen LogP contribution is 2.22. The lowest BCUT2D eigenvalue weighted by Crippen LogP contribution is -2.37. The van der Waals surface area contributed by atoms with Crippen LogP contribution in [0.3, 0.4) is 0 Å². The molecule has 3 nitrogen and oxygen atoms in total. The number of nitrogens with two attached hydrogens (primary N) is 1. The maximum absolute atomic E-state index is 13.9. The van der Waals surface area contributed by atoms with E-state index in [-0.39, 0.29) is 11.9 Å². The first-order valence-electron chi connectivity index (χ1n) is 7.12. The Balaban J connectivity index is 2.04. The fourth-order valence-corrected chi connectivity index (χ4v) is 2.50. The zero-order chi connectivity index (χ0) is 13.5. The fourth-order valence-electron chi connectivity index (χ4n) is 2.50. The van der Waals surface area contributed by atoms with E-state index >= 15 is 0 Å². The van der Waals surface area contributed by atoms with Gasteiger partial charge in [0.05, 0.1) is 11.8 Å². The van der Waals surface area contributed by atoms with Crippen LogP contribution in [0, 0.1) is 5.82 Å². The molecule has 1 unspecified atom stereocenters. The molecule has 1 fully saturated rings. The summed E-state index contributed by atoms with van der Waals surface area (Å²) in [6.45, 7) is 2.97. The Bertz CT molecular complexity index is 380. The molecule has 0 spiro atoms. The smallest absolute Gasteiger partial charge is 0.146 e. The average Bonchev–Trinajstić information content (AvgIpc) is 2.45. The van der Waals surface area contributed by atoms with E-state index in [0.717, 1.165) is 39.0 Å². The van der Waals surface area contributed by atoms with Gasteiger partial charge in [-0.2, -0.15) is 0 Å². The minimum absolute atomic E-state index is 0.171. The van der Waals surface area contributed by atoms with Crippen molar-refractivity contribution >= 4 is 5.69 Å². The third-order valence-electron chi connectivity index (χ3n) is 3.52. The lowest BCUT2D eigenvalue weighted by atomic mass is 10.1. The Hall–Kier alpha value is -1.13. The Labute approximate surface area is 114 Å². The summed E-state index contributed by atoms with van der Waals surface area (Å²) in [5.41, 5.74) is 6.23. The number of benzene rings is 1. The molecule has 0 radical (unpaired) electrons. The van der Waals surface area contributed by atoms with Crippen LogP contribution >= 0.6 is 0 Å². The third-order valence-corrected chi connectivity index (χ3v) is 3.52. The number of rotatable bonds is 6. The molecule has 1 heterocycles. The molecule has 1 aromatic carbocycles. The van der Waals surface area contributed by atoms with Crippen molar-refractivity contribution in [2.24, 2.45) is 5.73 Å². The normalized spacial score (nSPS) is 19.4. The number of ether oxygens (including phenoxy) is 1. The summed E-state index contributed by atoms with van der Waals surface area (Å²) in [6.07, 6.45) is 4.48. The highest BCUT2D eigenvalue weighted by molar-refractivity contribution is 5.47. The standard InChI is InChI=1S/C15H23FN2O/c16-14-7-1-2-8-15(14)18(10-5-9-17)12-13-6-3-4-11-19-13/h1-2,7-8,13H,3-6,9-12,17H2. The van der Waals surface area contributed by atoms with Gasteiger partial charge in [-0.05, 0) is 44.4 Å². The van der Waals surface area contributed by atoms with E-state index in [1.54, 1.807) is 6.07 Å². The van der Waals surface area contributed by atoms with Crippen LogP contribution in [-0.4, -0.2) is 32.3 Å². The number of anilines is 1. The summed E-state index contributed by atoms with van der Waals surface area (Å²) >= 11 is 0. The fraction of sp³-hybridized carbons (Fsp3) is 0.600. The Morgan fingerprint density at radius 3 is 2.84 bits per heavy atom. The zero-order valence-corrected chi connectivity index (χ0v) is 11.4. The van der Waals surface area contributed by atoms with Gasteiger partial charge in [0.15, 0.2) is 0 Å². The van der Waals surface area contributed by atoms with E-state index in [1.807, 2.05) is 12.1 Å². The van der Waals surface area contributed by atoms with Crippen molar-refractivity contribution in [1.82, 2.24) is 0 Å². The molecule has 2 rings (SSSR count). The van der Waals surface area contributed by atoms with Gasteiger partial charge in [0, 0.05) is 19.7 Å². The van der Waals surface area contributed by atoms with E-state index in [2.05, 4.69) is 4.90 Å². The van der Waals surface area contributed by atoms with E-state index in [4.69, 9.17) is 10.5 Å². The van der Waals surface area contributed by atoms with Crippen molar-refractivity contribution in [3.05, 3.63) is 30.1 Å². The van der Waals surface area contributed by atoms with Gasteiger partial charge < -0.3 is 15.4 Å². The first-order chi connectivity index (χ1) is 9.31. The minimum Gasteiger partial charge on any atom is -0.376 e. The largest absolute Gasteiger partial charge is 0.376 e. The second kappa shape index (κ2) is 7.46. The molecule has 1 saturated heterocycles. The molecule has 4 heteroatoms. The number of hydrogen-bond acceptors (Lipinski definition) is 3. The molecule has 0 bridgehead atoms. The maximum Gasteiger partial charge on any atom is 0.146 e. The molecule has 106 valence electrons. The van der Waals surface area contributed by atoms with Crippen LogP contribution in [0.15, 0.2) is 24.3 Å². The first-order valence-corrected chi connectivity index (χ1v) is 7.12.